The van der Waals surface area contributed by atoms with Crippen LogP contribution >= 0.6 is 0 Å². The topological polar surface area (TPSA) is 125 Å². The number of carboxylic acids is 1. The Morgan fingerprint density at radius 3 is 2.16 bits per heavy atom. The molecule has 1 aromatic carbocycles. The quantitative estimate of drug-likeness (QED) is 0.323. The number of alkyl halides is 1. The maximum atomic E-state index is 14.7. The molecule has 5 aliphatic rings. The van der Waals surface area contributed by atoms with Gasteiger partial charge in [0.05, 0.1) is 30.6 Å². The normalized spacial score (nSPS) is 36.4. The van der Waals surface area contributed by atoms with Crippen LogP contribution in [0.15, 0.2) is 24.3 Å². The third-order valence-corrected chi connectivity index (χ3v) is 9.03. The molecule has 38 heavy (non-hydrogen) atoms. The summed E-state index contributed by atoms with van der Waals surface area (Å²) in [7, 11) is 0. The highest BCUT2D eigenvalue weighted by atomic mass is 19.1. The number of nitrogens with two attached hydrogens (primary N) is 1. The molecule has 0 radical (unpaired) electrons. The smallest absolute Gasteiger partial charge is 0.343 e. The largest absolute Gasteiger partial charge is 0.479 e. The summed E-state index contributed by atoms with van der Waals surface area (Å²) in [4.78, 5) is 37.2. The van der Waals surface area contributed by atoms with Crippen LogP contribution in [0.1, 0.15) is 63.9 Å². The lowest BCUT2D eigenvalue weighted by Crippen LogP contribution is -2.51. The van der Waals surface area contributed by atoms with Crippen LogP contribution in [0, 0.1) is 34.9 Å². The molecule has 4 bridgehead atoms. The first-order chi connectivity index (χ1) is 18.0. The van der Waals surface area contributed by atoms with Crippen molar-refractivity contribution in [2.45, 2.75) is 89.0 Å². The minimum atomic E-state index is -2.58. The van der Waals surface area contributed by atoms with Crippen molar-refractivity contribution in [2.24, 2.45) is 34.8 Å². The van der Waals surface area contributed by atoms with E-state index in [2.05, 4.69) is 0 Å². The number of rotatable bonds is 11. The molecule has 208 valence electrons. The fraction of sp³-hybridized carbons (Fsp3) is 0.679. The van der Waals surface area contributed by atoms with Crippen LogP contribution in [-0.4, -0.2) is 47.1 Å². The number of halogens is 2. The lowest BCUT2D eigenvalue weighted by molar-refractivity contribution is -0.202. The number of ether oxygens (including phenoxy) is 3. The minimum absolute atomic E-state index is 0.0108. The molecule has 6 rings (SSSR count). The fourth-order valence-corrected chi connectivity index (χ4v) is 7.44. The summed E-state index contributed by atoms with van der Waals surface area (Å²) in [5.74, 6) is -2.45. The third kappa shape index (κ3) is 5.30. The molecule has 10 heteroatoms. The number of esters is 2. The van der Waals surface area contributed by atoms with E-state index in [9.17, 15) is 28.3 Å². The Bertz CT molecular complexity index is 1040. The van der Waals surface area contributed by atoms with Gasteiger partial charge in [0, 0.05) is 12.8 Å². The molecule has 5 atom stereocenters. The zero-order chi connectivity index (χ0) is 27.2. The molecule has 0 spiro atoms. The van der Waals surface area contributed by atoms with Gasteiger partial charge in [0.15, 0.2) is 0 Å². The van der Waals surface area contributed by atoms with Crippen molar-refractivity contribution in [1.29, 1.82) is 0 Å². The maximum Gasteiger partial charge on any atom is 0.343 e. The van der Waals surface area contributed by atoms with E-state index in [-0.39, 0.29) is 25.4 Å². The molecule has 0 aromatic heterocycles. The molecule has 3 N–H and O–H groups in total. The number of hydrogen-bond acceptors (Lipinski definition) is 7. The summed E-state index contributed by atoms with van der Waals surface area (Å²) < 4.78 is 44.6. The number of carbonyl (C=O) groups excluding carboxylic acids is 2. The summed E-state index contributed by atoms with van der Waals surface area (Å²) in [6.45, 7) is 1.47. The summed E-state index contributed by atoms with van der Waals surface area (Å²) >= 11 is 0. The van der Waals surface area contributed by atoms with E-state index in [1.807, 2.05) is 0 Å². The minimum Gasteiger partial charge on any atom is -0.479 e. The maximum absolute atomic E-state index is 14.7. The lowest BCUT2D eigenvalue weighted by Gasteiger charge is -2.55. The second-order valence-corrected chi connectivity index (χ2v) is 11.9. The van der Waals surface area contributed by atoms with E-state index in [1.165, 1.54) is 50.5 Å². The van der Waals surface area contributed by atoms with Gasteiger partial charge in [-0.3, -0.25) is 9.59 Å². The van der Waals surface area contributed by atoms with Crippen LogP contribution in [0.5, 0.6) is 0 Å². The highest BCUT2D eigenvalue weighted by Gasteiger charge is 2.70. The molecule has 5 aliphatic carbocycles. The Hall–Kier alpha value is -2.59. The predicted octanol–water partition coefficient (Wildman–Crippen LogP) is 3.89. The standard InChI is InChI=1S/C28H35F2NO7/c1-15(38-26(35)27-11-17-6-18(12-27)8-19(7-17)13-27)37-23(32)10-21(9-22-24(31)28(22,30)25(33)34)36-14-16-2-4-20(29)5-3-16/h2-5,15,17-19,21-22,24H,6-14,31H2,1H3,(H,33,34). The van der Waals surface area contributed by atoms with Crippen LogP contribution in [0.25, 0.3) is 0 Å². The molecule has 5 fully saturated rings. The van der Waals surface area contributed by atoms with Crippen molar-refractivity contribution in [3.63, 3.8) is 0 Å². The van der Waals surface area contributed by atoms with Crippen molar-refractivity contribution in [2.75, 3.05) is 0 Å². The highest BCUT2D eigenvalue weighted by Crippen LogP contribution is 2.60. The van der Waals surface area contributed by atoms with Gasteiger partial charge in [-0.05, 0) is 80.4 Å². The SMILES string of the molecule is CC(OC(=O)CC(CC1C(N)C1(F)C(=O)O)OCc1ccc(F)cc1)OC(=O)C12CC3CC(CC(C3)C1)C2. The molecule has 1 aromatic rings. The second kappa shape index (κ2) is 10.2. The van der Waals surface area contributed by atoms with Crippen LogP contribution in [0.2, 0.25) is 0 Å². The molecular weight excluding hydrogens is 500 g/mol. The first-order valence-corrected chi connectivity index (χ1v) is 13.4. The number of carbonyl (C=O) groups is 3. The Morgan fingerprint density at radius 1 is 1.05 bits per heavy atom. The predicted molar refractivity (Wildman–Crippen MR) is 129 cm³/mol. The van der Waals surface area contributed by atoms with Crippen LogP contribution < -0.4 is 5.73 Å². The Balaban J connectivity index is 1.17. The highest BCUT2D eigenvalue weighted by molar-refractivity contribution is 5.84. The van der Waals surface area contributed by atoms with E-state index in [0.717, 1.165) is 19.3 Å². The zero-order valence-corrected chi connectivity index (χ0v) is 21.4. The Kier molecular flexibility index (Phi) is 7.24. The third-order valence-electron chi connectivity index (χ3n) is 9.03. The molecule has 0 saturated heterocycles. The number of benzene rings is 1. The first-order valence-electron chi connectivity index (χ1n) is 13.4. The van der Waals surface area contributed by atoms with Crippen LogP contribution in [-0.2, 0) is 35.2 Å². The fourth-order valence-electron chi connectivity index (χ4n) is 7.44. The van der Waals surface area contributed by atoms with Gasteiger partial charge in [-0.2, -0.15) is 0 Å². The Morgan fingerprint density at radius 2 is 1.63 bits per heavy atom. The number of aliphatic carboxylic acids is 1. The molecule has 5 unspecified atom stereocenters. The van der Waals surface area contributed by atoms with Crippen LogP contribution in [0.4, 0.5) is 8.78 Å². The van der Waals surface area contributed by atoms with E-state index in [1.54, 1.807) is 0 Å². The van der Waals surface area contributed by atoms with Gasteiger partial charge in [0.1, 0.15) is 5.82 Å². The first kappa shape index (κ1) is 27.0. The van der Waals surface area contributed by atoms with E-state index in [0.29, 0.717) is 23.3 Å². The van der Waals surface area contributed by atoms with Crippen molar-refractivity contribution >= 4 is 17.9 Å². The number of carboxylic acid groups (broad SMARTS) is 1. The summed E-state index contributed by atoms with van der Waals surface area (Å²) in [6, 6.07) is 4.32. The molecule has 8 nitrogen and oxygen atoms in total. The van der Waals surface area contributed by atoms with Crippen molar-refractivity contribution in [1.82, 2.24) is 0 Å². The zero-order valence-electron chi connectivity index (χ0n) is 21.4. The summed E-state index contributed by atoms with van der Waals surface area (Å²) in [5.41, 5.74) is 3.23. The van der Waals surface area contributed by atoms with Gasteiger partial charge in [-0.15, -0.1) is 0 Å². The average Bonchev–Trinajstić information content (AvgIpc) is 3.37. The van der Waals surface area contributed by atoms with Crippen LogP contribution in [0.3, 0.4) is 0 Å². The molecule has 0 heterocycles. The van der Waals surface area contributed by atoms with Gasteiger partial charge < -0.3 is 25.1 Å². The molecule has 0 amide bonds. The number of hydrogen-bond donors (Lipinski definition) is 2. The van der Waals surface area contributed by atoms with Gasteiger partial charge in [0.25, 0.3) is 0 Å². The lowest BCUT2D eigenvalue weighted by atomic mass is 9.49. The summed E-state index contributed by atoms with van der Waals surface area (Å²) in [5, 5.41) is 9.20. The van der Waals surface area contributed by atoms with Crippen molar-refractivity contribution in [3.8, 4) is 0 Å². The van der Waals surface area contributed by atoms with E-state index >= 15 is 0 Å². The van der Waals surface area contributed by atoms with Crippen molar-refractivity contribution in [3.05, 3.63) is 35.6 Å². The van der Waals surface area contributed by atoms with E-state index < -0.39 is 53.2 Å². The van der Waals surface area contributed by atoms with Gasteiger partial charge in [-0.25, -0.2) is 13.6 Å². The Labute approximate surface area is 220 Å². The van der Waals surface area contributed by atoms with Gasteiger partial charge in [-0.1, -0.05) is 12.1 Å². The van der Waals surface area contributed by atoms with Crippen molar-refractivity contribution < 1.29 is 42.5 Å². The van der Waals surface area contributed by atoms with Gasteiger partial charge >= 0.3 is 17.9 Å². The van der Waals surface area contributed by atoms with E-state index in [4.69, 9.17) is 19.9 Å². The summed E-state index contributed by atoms with van der Waals surface area (Å²) in [6.07, 6.45) is 3.57. The molecule has 5 saturated carbocycles. The monoisotopic (exact) mass is 535 g/mol. The molecule has 0 aliphatic heterocycles. The second-order valence-electron chi connectivity index (χ2n) is 11.9. The molecular formula is C28H35F2NO7. The van der Waals surface area contributed by atoms with Gasteiger partial charge in [0.2, 0.25) is 12.0 Å². The average molecular weight is 536 g/mol.